The van der Waals surface area contributed by atoms with E-state index in [9.17, 15) is 4.79 Å². The number of hydrogen-bond donors (Lipinski definition) is 1. The number of aromatic nitrogens is 5. The molecule has 3 aromatic heterocycles. The van der Waals surface area contributed by atoms with E-state index in [2.05, 4.69) is 31.1 Å². The Labute approximate surface area is 142 Å². The van der Waals surface area contributed by atoms with Crippen LogP contribution in [-0.2, 0) is 0 Å². The molecule has 0 aromatic carbocycles. The molecule has 0 saturated heterocycles. The van der Waals surface area contributed by atoms with Gasteiger partial charge in [-0.05, 0) is 56.4 Å². The Hall–Kier alpha value is -2.61. The Morgan fingerprint density at radius 2 is 2.17 bits per heavy atom. The van der Waals surface area contributed by atoms with Gasteiger partial charge in [-0.15, -0.1) is 5.10 Å². The normalized spacial score (nSPS) is 13.9. The summed E-state index contributed by atoms with van der Waals surface area (Å²) in [7, 11) is 0. The summed E-state index contributed by atoms with van der Waals surface area (Å²) in [5.74, 6) is 1.14. The quantitative estimate of drug-likeness (QED) is 0.789. The molecule has 1 aliphatic carbocycles. The molecule has 0 unspecified atom stereocenters. The number of nitrogens with zero attached hydrogens (tertiary/aromatic N) is 5. The fourth-order valence-corrected chi connectivity index (χ4v) is 3.14. The number of hydrogen-bond acceptors (Lipinski definition) is 6. The van der Waals surface area contributed by atoms with Crippen LogP contribution in [-0.4, -0.2) is 30.3 Å². The van der Waals surface area contributed by atoms with Crippen molar-refractivity contribution in [2.24, 2.45) is 0 Å². The summed E-state index contributed by atoms with van der Waals surface area (Å²) >= 11 is 1.08. The predicted molar refractivity (Wildman–Crippen MR) is 90.7 cm³/mol. The highest BCUT2D eigenvalue weighted by Gasteiger charge is 2.28. The summed E-state index contributed by atoms with van der Waals surface area (Å²) in [5.41, 5.74) is 3.46. The molecule has 0 aliphatic heterocycles. The highest BCUT2D eigenvalue weighted by Crippen LogP contribution is 2.40. The fraction of sp³-hybridized carbons (Fsp3) is 0.312. The van der Waals surface area contributed by atoms with Crippen molar-refractivity contribution in [2.75, 3.05) is 5.32 Å². The minimum absolute atomic E-state index is 0.217. The number of pyridine rings is 1. The molecule has 122 valence electrons. The van der Waals surface area contributed by atoms with Crippen molar-refractivity contribution in [1.82, 2.24) is 24.4 Å². The third kappa shape index (κ3) is 2.80. The lowest BCUT2D eigenvalue weighted by Crippen LogP contribution is -2.12. The van der Waals surface area contributed by atoms with Crippen LogP contribution in [0.15, 0.2) is 24.4 Å². The molecule has 0 spiro atoms. The first-order valence-corrected chi connectivity index (χ1v) is 8.52. The molecule has 0 atom stereocenters. The molecule has 1 amide bonds. The Kier molecular flexibility index (Phi) is 3.61. The van der Waals surface area contributed by atoms with Gasteiger partial charge in [0.15, 0.2) is 5.82 Å². The number of aryl methyl sites for hydroxylation is 2. The van der Waals surface area contributed by atoms with E-state index in [1.165, 1.54) is 18.5 Å². The third-order valence-electron chi connectivity index (χ3n) is 3.94. The minimum atomic E-state index is -0.217. The topological polar surface area (TPSA) is 85.6 Å². The zero-order chi connectivity index (χ0) is 16.7. The number of rotatable bonds is 4. The van der Waals surface area contributed by atoms with E-state index in [0.717, 1.165) is 23.0 Å². The Bertz CT molecular complexity index is 894. The van der Waals surface area contributed by atoms with Crippen molar-refractivity contribution >= 4 is 23.1 Å². The highest BCUT2D eigenvalue weighted by molar-refractivity contribution is 7.08. The van der Waals surface area contributed by atoms with Crippen LogP contribution in [0.5, 0.6) is 0 Å². The molecule has 1 N–H and O–H groups in total. The van der Waals surface area contributed by atoms with E-state index in [1.807, 2.05) is 23.7 Å². The van der Waals surface area contributed by atoms with Crippen LogP contribution in [0.3, 0.4) is 0 Å². The molecule has 3 heterocycles. The predicted octanol–water partition coefficient (Wildman–Crippen LogP) is 2.87. The van der Waals surface area contributed by atoms with Crippen LogP contribution < -0.4 is 5.32 Å². The summed E-state index contributed by atoms with van der Waals surface area (Å²) in [6, 6.07) is 5.82. The lowest BCUT2D eigenvalue weighted by Gasteiger charge is -2.07. The van der Waals surface area contributed by atoms with Gasteiger partial charge in [0.25, 0.3) is 5.91 Å². The van der Waals surface area contributed by atoms with E-state index in [-0.39, 0.29) is 5.91 Å². The average molecular weight is 340 g/mol. The lowest BCUT2D eigenvalue weighted by molar-refractivity contribution is 0.103. The molecule has 24 heavy (non-hydrogen) atoms. The summed E-state index contributed by atoms with van der Waals surface area (Å²) in [4.78, 5) is 17.1. The summed E-state index contributed by atoms with van der Waals surface area (Å²) in [5, 5.41) is 11.2. The Morgan fingerprint density at radius 1 is 1.33 bits per heavy atom. The van der Waals surface area contributed by atoms with Crippen LogP contribution in [0, 0.1) is 13.8 Å². The van der Waals surface area contributed by atoms with Gasteiger partial charge < -0.3 is 5.32 Å². The number of carbonyl (C=O) groups excluding carboxylic acids is 1. The SMILES string of the molecule is Cc1cc(C2CC2)n(-c2ccc(NC(=O)c3snnc3C)cn2)n1. The molecule has 8 heteroatoms. The van der Waals surface area contributed by atoms with Crippen LogP contribution in [0.25, 0.3) is 5.82 Å². The zero-order valence-electron chi connectivity index (χ0n) is 13.4. The minimum Gasteiger partial charge on any atom is -0.320 e. The molecule has 0 radical (unpaired) electrons. The van der Waals surface area contributed by atoms with Gasteiger partial charge in [-0.3, -0.25) is 4.79 Å². The van der Waals surface area contributed by atoms with Gasteiger partial charge >= 0.3 is 0 Å². The summed E-state index contributed by atoms with van der Waals surface area (Å²) in [6.07, 6.45) is 4.06. The van der Waals surface area contributed by atoms with Crippen molar-refractivity contribution in [3.8, 4) is 5.82 Å². The number of amides is 1. The molecule has 1 aliphatic rings. The second-order valence-corrected chi connectivity index (χ2v) is 6.70. The monoisotopic (exact) mass is 340 g/mol. The number of anilines is 1. The highest BCUT2D eigenvalue weighted by atomic mass is 32.1. The number of carbonyl (C=O) groups is 1. The first-order valence-electron chi connectivity index (χ1n) is 7.75. The molecular formula is C16H16N6OS. The van der Waals surface area contributed by atoms with Crippen molar-refractivity contribution < 1.29 is 4.79 Å². The van der Waals surface area contributed by atoms with E-state index in [4.69, 9.17) is 0 Å². The van der Waals surface area contributed by atoms with Gasteiger partial charge in [0.05, 0.1) is 23.3 Å². The molecule has 1 saturated carbocycles. The molecular weight excluding hydrogens is 324 g/mol. The molecule has 3 aromatic rings. The fourth-order valence-electron chi connectivity index (χ4n) is 2.59. The van der Waals surface area contributed by atoms with Crippen LogP contribution in [0.1, 0.15) is 45.5 Å². The summed E-state index contributed by atoms with van der Waals surface area (Å²) < 4.78 is 5.67. The van der Waals surface area contributed by atoms with Gasteiger partial charge in [-0.2, -0.15) is 5.10 Å². The van der Waals surface area contributed by atoms with Gasteiger partial charge in [0.2, 0.25) is 0 Å². The van der Waals surface area contributed by atoms with Crippen molar-refractivity contribution in [1.29, 1.82) is 0 Å². The second-order valence-electron chi connectivity index (χ2n) is 5.94. The van der Waals surface area contributed by atoms with Gasteiger partial charge in [-0.25, -0.2) is 9.67 Å². The van der Waals surface area contributed by atoms with Gasteiger partial charge in [0.1, 0.15) is 4.88 Å². The maximum Gasteiger partial charge on any atom is 0.269 e. The molecule has 4 rings (SSSR count). The average Bonchev–Trinajstić information content (AvgIpc) is 3.21. The van der Waals surface area contributed by atoms with Crippen LogP contribution in [0.2, 0.25) is 0 Å². The standard InChI is InChI=1S/C16H16N6OS/c1-9-7-13(11-3-4-11)22(20-9)14-6-5-12(8-17-14)18-16(23)15-10(2)19-21-24-15/h5-8,11H,3-4H2,1-2H3,(H,18,23). The maximum absolute atomic E-state index is 12.2. The van der Waals surface area contributed by atoms with E-state index >= 15 is 0 Å². The van der Waals surface area contributed by atoms with Gasteiger partial charge in [0, 0.05) is 11.6 Å². The zero-order valence-corrected chi connectivity index (χ0v) is 14.2. The molecule has 0 bridgehead atoms. The number of nitrogens with one attached hydrogen (secondary N) is 1. The van der Waals surface area contributed by atoms with Crippen molar-refractivity contribution in [3.05, 3.63) is 46.4 Å². The third-order valence-corrected chi connectivity index (χ3v) is 4.76. The van der Waals surface area contributed by atoms with Crippen LogP contribution in [0.4, 0.5) is 5.69 Å². The molecule has 7 nitrogen and oxygen atoms in total. The van der Waals surface area contributed by atoms with Crippen molar-refractivity contribution in [3.63, 3.8) is 0 Å². The lowest BCUT2D eigenvalue weighted by atomic mass is 10.2. The van der Waals surface area contributed by atoms with E-state index in [0.29, 0.717) is 22.2 Å². The molecule has 1 fully saturated rings. The largest absolute Gasteiger partial charge is 0.320 e. The second kappa shape index (κ2) is 5.79. The first kappa shape index (κ1) is 14.9. The smallest absolute Gasteiger partial charge is 0.269 e. The maximum atomic E-state index is 12.2. The summed E-state index contributed by atoms with van der Waals surface area (Å²) in [6.45, 7) is 3.75. The van der Waals surface area contributed by atoms with Crippen molar-refractivity contribution in [2.45, 2.75) is 32.6 Å². The van der Waals surface area contributed by atoms with Gasteiger partial charge in [-0.1, -0.05) is 4.49 Å². The Balaban J connectivity index is 1.55. The van der Waals surface area contributed by atoms with Crippen LogP contribution >= 0.6 is 11.5 Å². The Morgan fingerprint density at radius 3 is 2.79 bits per heavy atom. The van der Waals surface area contributed by atoms with E-state index < -0.39 is 0 Å². The first-order chi connectivity index (χ1) is 11.6. The van der Waals surface area contributed by atoms with E-state index in [1.54, 1.807) is 13.1 Å².